The lowest BCUT2D eigenvalue weighted by atomic mass is 10.1. The van der Waals surface area contributed by atoms with Gasteiger partial charge in [-0.05, 0) is 43.2 Å². The Balaban J connectivity index is 1.47. The van der Waals surface area contributed by atoms with Crippen LogP contribution in [0.15, 0.2) is 54.9 Å². The topological polar surface area (TPSA) is 91.4 Å². The van der Waals surface area contributed by atoms with Crippen LogP contribution in [0.3, 0.4) is 0 Å². The number of fused-ring (bicyclic) bond motifs is 2. The van der Waals surface area contributed by atoms with Crippen molar-refractivity contribution in [1.82, 2.24) is 15.2 Å². The number of rotatable bonds is 3. The van der Waals surface area contributed by atoms with Crippen molar-refractivity contribution >= 4 is 17.2 Å². The van der Waals surface area contributed by atoms with Crippen molar-refractivity contribution in [3.05, 3.63) is 54.9 Å². The van der Waals surface area contributed by atoms with E-state index in [9.17, 15) is 5.11 Å². The minimum Gasteiger partial charge on any atom is -0.507 e. The smallest absolute Gasteiger partial charge is 0.169 e. The first-order chi connectivity index (χ1) is 13.7. The van der Waals surface area contributed by atoms with Crippen LogP contribution in [0, 0.1) is 0 Å². The highest BCUT2D eigenvalue weighted by Gasteiger charge is 2.41. The highest BCUT2D eigenvalue weighted by atomic mass is 16.3. The first-order valence-corrected chi connectivity index (χ1v) is 9.55. The van der Waals surface area contributed by atoms with Crippen LogP contribution in [0.25, 0.3) is 11.3 Å². The van der Waals surface area contributed by atoms with Gasteiger partial charge in [0.2, 0.25) is 0 Å². The summed E-state index contributed by atoms with van der Waals surface area (Å²) in [4.78, 5) is 8.96. The van der Waals surface area contributed by atoms with Gasteiger partial charge < -0.3 is 20.6 Å². The highest BCUT2D eigenvalue weighted by Crippen LogP contribution is 2.40. The van der Waals surface area contributed by atoms with Gasteiger partial charge in [0, 0.05) is 48.8 Å². The molecule has 0 amide bonds. The molecule has 7 nitrogen and oxygen atoms in total. The second-order valence-electron chi connectivity index (χ2n) is 7.42. The molecular formula is C21H22N6O. The average molecular weight is 374 g/mol. The molecule has 2 unspecified atom stereocenters. The van der Waals surface area contributed by atoms with E-state index in [2.05, 4.69) is 37.1 Å². The predicted molar refractivity (Wildman–Crippen MR) is 109 cm³/mol. The molecular weight excluding hydrogens is 352 g/mol. The Morgan fingerprint density at radius 3 is 2.39 bits per heavy atom. The van der Waals surface area contributed by atoms with E-state index in [1.807, 2.05) is 30.6 Å². The van der Waals surface area contributed by atoms with Crippen molar-refractivity contribution in [2.24, 2.45) is 0 Å². The summed E-state index contributed by atoms with van der Waals surface area (Å²) < 4.78 is 0. The molecule has 3 aromatic rings. The molecule has 2 aromatic heterocycles. The molecule has 0 aliphatic carbocycles. The van der Waals surface area contributed by atoms with Crippen LogP contribution >= 0.6 is 0 Å². The number of phenolic OH excluding ortho intramolecular Hbond substituents is 1. The number of aromatic nitrogens is 3. The minimum absolute atomic E-state index is 0.193. The normalized spacial score (nSPS) is 21.1. The number of pyridine rings is 1. The fourth-order valence-electron chi connectivity index (χ4n) is 4.48. The summed E-state index contributed by atoms with van der Waals surface area (Å²) in [7, 11) is 0. The van der Waals surface area contributed by atoms with E-state index < -0.39 is 0 Å². The molecule has 1 aromatic carbocycles. The van der Waals surface area contributed by atoms with Gasteiger partial charge in [0.15, 0.2) is 5.82 Å². The number of anilines is 3. The summed E-state index contributed by atoms with van der Waals surface area (Å²) >= 11 is 0. The summed E-state index contributed by atoms with van der Waals surface area (Å²) in [5.41, 5.74) is 9.66. The van der Waals surface area contributed by atoms with Gasteiger partial charge in [0.1, 0.15) is 5.75 Å². The van der Waals surface area contributed by atoms with Crippen LogP contribution in [-0.2, 0) is 0 Å². The molecule has 28 heavy (non-hydrogen) atoms. The zero-order valence-electron chi connectivity index (χ0n) is 15.4. The first kappa shape index (κ1) is 16.8. The van der Waals surface area contributed by atoms with Crippen LogP contribution in [0.5, 0.6) is 5.75 Å². The Hall–Kier alpha value is -3.35. The molecule has 0 spiro atoms. The number of aromatic hydroxyl groups is 1. The third-order valence-corrected chi connectivity index (χ3v) is 5.77. The maximum Gasteiger partial charge on any atom is 0.169 e. The molecule has 142 valence electrons. The Morgan fingerprint density at radius 2 is 1.68 bits per heavy atom. The number of para-hydroxylation sites is 1. The average Bonchev–Trinajstić information content (AvgIpc) is 2.98. The molecule has 2 aliphatic heterocycles. The standard InChI is InChI=1S/C21H22N6O/c22-21-19(11-18(24-25-21)17-3-1-2-4-20(17)28)27-15-5-6-16(27)13-26(12-15)14-7-9-23-10-8-14/h1-4,7-11,15-16,28H,5-6,12-13H2,(H2,22,25). The molecule has 3 N–H and O–H groups in total. The number of benzene rings is 1. The molecule has 2 saturated heterocycles. The van der Waals surface area contributed by atoms with Crippen molar-refractivity contribution < 1.29 is 5.11 Å². The Kier molecular flexibility index (Phi) is 4.00. The fourth-order valence-corrected chi connectivity index (χ4v) is 4.48. The van der Waals surface area contributed by atoms with Crippen molar-refractivity contribution in [3.63, 3.8) is 0 Å². The Labute approximate surface area is 163 Å². The number of hydrogen-bond acceptors (Lipinski definition) is 7. The van der Waals surface area contributed by atoms with E-state index in [0.717, 1.165) is 31.6 Å². The Morgan fingerprint density at radius 1 is 0.964 bits per heavy atom. The lowest BCUT2D eigenvalue weighted by molar-refractivity contribution is 0.477. The monoisotopic (exact) mass is 374 g/mol. The second kappa shape index (κ2) is 6.67. The number of nitrogens with two attached hydrogens (primary N) is 1. The van der Waals surface area contributed by atoms with E-state index in [4.69, 9.17) is 5.73 Å². The quantitative estimate of drug-likeness (QED) is 0.728. The fraction of sp³-hybridized carbons (Fsp3) is 0.286. The summed E-state index contributed by atoms with van der Waals surface area (Å²) in [5.74, 6) is 0.631. The molecule has 2 aliphatic rings. The van der Waals surface area contributed by atoms with Crippen molar-refractivity contribution in [1.29, 1.82) is 0 Å². The lowest BCUT2D eigenvalue weighted by Crippen LogP contribution is -2.54. The van der Waals surface area contributed by atoms with Gasteiger partial charge in [0.25, 0.3) is 0 Å². The predicted octanol–water partition coefficient (Wildman–Crippen LogP) is 2.68. The summed E-state index contributed by atoms with van der Waals surface area (Å²) in [6, 6.07) is 14.0. The molecule has 2 atom stereocenters. The molecule has 0 radical (unpaired) electrons. The van der Waals surface area contributed by atoms with Gasteiger partial charge in [-0.15, -0.1) is 10.2 Å². The van der Waals surface area contributed by atoms with E-state index in [-0.39, 0.29) is 5.75 Å². The van der Waals surface area contributed by atoms with Crippen molar-refractivity contribution in [2.75, 3.05) is 28.6 Å². The van der Waals surface area contributed by atoms with Gasteiger partial charge in [-0.2, -0.15) is 0 Å². The molecule has 2 bridgehead atoms. The second-order valence-corrected chi connectivity index (χ2v) is 7.42. The Bertz CT molecular complexity index is 981. The van der Waals surface area contributed by atoms with E-state index in [0.29, 0.717) is 29.2 Å². The minimum atomic E-state index is 0.193. The lowest BCUT2D eigenvalue weighted by Gasteiger charge is -2.43. The molecule has 5 rings (SSSR count). The number of nitrogens with zero attached hydrogens (tertiary/aromatic N) is 5. The van der Waals surface area contributed by atoms with Gasteiger partial charge in [0.05, 0.1) is 11.4 Å². The summed E-state index contributed by atoms with van der Waals surface area (Å²) in [6.45, 7) is 1.88. The van der Waals surface area contributed by atoms with Crippen LogP contribution in [0.1, 0.15) is 12.8 Å². The molecule has 2 fully saturated rings. The largest absolute Gasteiger partial charge is 0.507 e. The van der Waals surface area contributed by atoms with E-state index in [1.54, 1.807) is 12.1 Å². The van der Waals surface area contributed by atoms with Crippen LogP contribution in [0.2, 0.25) is 0 Å². The maximum absolute atomic E-state index is 10.2. The summed E-state index contributed by atoms with van der Waals surface area (Å²) in [5, 5.41) is 18.6. The third kappa shape index (κ3) is 2.79. The van der Waals surface area contributed by atoms with Gasteiger partial charge in [-0.25, -0.2) is 0 Å². The maximum atomic E-state index is 10.2. The number of hydrogen-bond donors (Lipinski definition) is 2. The van der Waals surface area contributed by atoms with E-state index >= 15 is 0 Å². The number of piperazine rings is 1. The van der Waals surface area contributed by atoms with Crippen LogP contribution in [0.4, 0.5) is 17.2 Å². The molecule has 4 heterocycles. The highest BCUT2D eigenvalue weighted by molar-refractivity contribution is 5.75. The zero-order valence-corrected chi connectivity index (χ0v) is 15.4. The number of phenols is 1. The van der Waals surface area contributed by atoms with Crippen LogP contribution in [-0.4, -0.2) is 45.5 Å². The van der Waals surface area contributed by atoms with Gasteiger partial charge in [-0.3, -0.25) is 4.98 Å². The van der Waals surface area contributed by atoms with Crippen LogP contribution < -0.4 is 15.5 Å². The first-order valence-electron chi connectivity index (χ1n) is 9.55. The number of nitrogen functional groups attached to an aromatic ring is 1. The third-order valence-electron chi connectivity index (χ3n) is 5.77. The SMILES string of the molecule is Nc1nnc(-c2ccccc2O)cc1N1C2CCC1CN(c1ccncc1)C2. The molecule has 7 heteroatoms. The van der Waals surface area contributed by atoms with Gasteiger partial charge >= 0.3 is 0 Å². The molecule has 0 saturated carbocycles. The summed E-state index contributed by atoms with van der Waals surface area (Å²) in [6.07, 6.45) is 5.93. The van der Waals surface area contributed by atoms with E-state index in [1.165, 1.54) is 5.69 Å². The zero-order chi connectivity index (χ0) is 19.1. The van der Waals surface area contributed by atoms with Crippen molar-refractivity contribution in [3.8, 4) is 17.0 Å². The van der Waals surface area contributed by atoms with Gasteiger partial charge in [-0.1, -0.05) is 12.1 Å². The van der Waals surface area contributed by atoms with Crippen molar-refractivity contribution in [2.45, 2.75) is 24.9 Å².